The largest absolute Gasteiger partial charge is 0.504 e. The van der Waals surface area contributed by atoms with Crippen LogP contribution in [0.1, 0.15) is 5.56 Å². The van der Waals surface area contributed by atoms with Gasteiger partial charge in [0.05, 0.1) is 22.9 Å². The lowest BCUT2D eigenvalue weighted by molar-refractivity contribution is -0.385. The summed E-state index contributed by atoms with van der Waals surface area (Å²) in [5, 5.41) is 37.7. The number of nitro groups is 1. The van der Waals surface area contributed by atoms with Gasteiger partial charge in [-0.1, -0.05) is 0 Å². The molecule has 0 aliphatic heterocycles. The van der Waals surface area contributed by atoms with Crippen molar-refractivity contribution in [3.63, 3.8) is 0 Å². The molecule has 0 fully saturated rings. The van der Waals surface area contributed by atoms with E-state index >= 15 is 0 Å². The number of hydrogen-bond acceptors (Lipinski definition) is 7. The summed E-state index contributed by atoms with van der Waals surface area (Å²) >= 11 is 0. The molecule has 26 heavy (non-hydrogen) atoms. The topological polar surface area (TPSA) is 127 Å². The average Bonchev–Trinajstić information content (AvgIpc) is 3.06. The minimum Gasteiger partial charge on any atom is -0.504 e. The fraction of sp³-hybridized carbons (Fsp3) is 0.0714. The first-order chi connectivity index (χ1) is 12.2. The van der Waals surface area contributed by atoms with Crippen molar-refractivity contribution in [1.29, 1.82) is 0 Å². The SMILES string of the molecule is O=[N+]([O-])c1cc(-c2cnn(-c3cncc(C(F)(F)F)c3)n2)cc(O)c1O. The molecule has 0 amide bonds. The molecular formula is C14H8F3N5O4. The van der Waals surface area contributed by atoms with Gasteiger partial charge in [-0.15, -0.1) is 9.90 Å². The van der Waals surface area contributed by atoms with E-state index in [9.17, 15) is 33.5 Å². The van der Waals surface area contributed by atoms with Crippen molar-refractivity contribution in [2.24, 2.45) is 0 Å². The number of phenols is 2. The van der Waals surface area contributed by atoms with E-state index in [0.29, 0.717) is 6.20 Å². The number of aromatic nitrogens is 4. The highest BCUT2D eigenvalue weighted by Gasteiger charge is 2.31. The van der Waals surface area contributed by atoms with Crippen LogP contribution in [-0.4, -0.2) is 35.1 Å². The minimum absolute atomic E-state index is 0.0285. The zero-order valence-corrected chi connectivity index (χ0v) is 12.5. The molecule has 0 atom stereocenters. The number of alkyl halides is 3. The van der Waals surface area contributed by atoms with Gasteiger partial charge in [0.2, 0.25) is 5.75 Å². The molecule has 9 nitrogen and oxygen atoms in total. The zero-order chi connectivity index (χ0) is 19.1. The molecule has 134 valence electrons. The second-order valence-electron chi connectivity index (χ2n) is 5.07. The second-order valence-corrected chi connectivity index (χ2v) is 5.07. The quantitative estimate of drug-likeness (QED) is 0.414. The van der Waals surface area contributed by atoms with Crippen LogP contribution in [0.15, 0.2) is 36.8 Å². The Bertz CT molecular complexity index is 1000. The van der Waals surface area contributed by atoms with Crippen LogP contribution < -0.4 is 0 Å². The third-order valence-corrected chi connectivity index (χ3v) is 3.34. The van der Waals surface area contributed by atoms with Crippen molar-refractivity contribution < 1.29 is 28.3 Å². The first-order valence-corrected chi connectivity index (χ1v) is 6.82. The number of rotatable bonds is 3. The molecule has 3 aromatic rings. The van der Waals surface area contributed by atoms with Crippen molar-refractivity contribution in [2.45, 2.75) is 6.18 Å². The third kappa shape index (κ3) is 3.11. The van der Waals surface area contributed by atoms with E-state index in [1.165, 1.54) is 0 Å². The summed E-state index contributed by atoms with van der Waals surface area (Å²) in [6, 6.07) is 2.75. The molecule has 0 aliphatic rings. The van der Waals surface area contributed by atoms with Crippen LogP contribution in [-0.2, 0) is 6.18 Å². The van der Waals surface area contributed by atoms with Gasteiger partial charge in [-0.3, -0.25) is 15.1 Å². The molecule has 0 spiro atoms. The Balaban J connectivity index is 2.03. The highest BCUT2D eigenvalue weighted by Crippen LogP contribution is 2.39. The van der Waals surface area contributed by atoms with Crippen LogP contribution in [0.25, 0.3) is 16.9 Å². The number of nitro benzene ring substituents is 1. The predicted molar refractivity (Wildman–Crippen MR) is 79.6 cm³/mol. The molecule has 2 aromatic heterocycles. The standard InChI is InChI=1S/C14H8F3N5O4/c15-14(16,17)8-3-9(5-18-4-8)21-19-6-10(20-21)7-1-11(22(25)26)13(24)12(23)2-7/h1-6,23-24H. The van der Waals surface area contributed by atoms with Crippen LogP contribution >= 0.6 is 0 Å². The smallest absolute Gasteiger partial charge is 0.417 e. The minimum atomic E-state index is -4.59. The summed E-state index contributed by atoms with van der Waals surface area (Å²) in [5.41, 5.74) is -1.76. The lowest BCUT2D eigenvalue weighted by Crippen LogP contribution is -2.08. The Labute approximate surface area is 142 Å². The molecule has 0 saturated carbocycles. The van der Waals surface area contributed by atoms with Crippen molar-refractivity contribution in [2.75, 3.05) is 0 Å². The molecular weight excluding hydrogens is 359 g/mol. The van der Waals surface area contributed by atoms with Crippen LogP contribution in [0.3, 0.4) is 0 Å². The first kappa shape index (κ1) is 17.1. The maximum absolute atomic E-state index is 12.8. The van der Waals surface area contributed by atoms with Crippen LogP contribution in [0.2, 0.25) is 0 Å². The van der Waals surface area contributed by atoms with E-state index in [1.54, 1.807) is 0 Å². The zero-order valence-electron chi connectivity index (χ0n) is 12.5. The van der Waals surface area contributed by atoms with Gasteiger partial charge in [0.25, 0.3) is 0 Å². The molecule has 0 unspecified atom stereocenters. The van der Waals surface area contributed by atoms with E-state index in [4.69, 9.17) is 0 Å². The van der Waals surface area contributed by atoms with Crippen molar-refractivity contribution in [1.82, 2.24) is 20.0 Å². The third-order valence-electron chi connectivity index (χ3n) is 3.34. The fourth-order valence-electron chi connectivity index (χ4n) is 2.10. The van der Waals surface area contributed by atoms with E-state index in [2.05, 4.69) is 15.2 Å². The second kappa shape index (κ2) is 5.98. The monoisotopic (exact) mass is 367 g/mol. The summed E-state index contributed by atoms with van der Waals surface area (Å²) in [4.78, 5) is 14.3. The van der Waals surface area contributed by atoms with Gasteiger partial charge < -0.3 is 10.2 Å². The maximum Gasteiger partial charge on any atom is 0.417 e. The first-order valence-electron chi connectivity index (χ1n) is 6.82. The highest BCUT2D eigenvalue weighted by molar-refractivity contribution is 5.69. The Morgan fingerprint density at radius 3 is 2.50 bits per heavy atom. The highest BCUT2D eigenvalue weighted by atomic mass is 19.4. The van der Waals surface area contributed by atoms with Gasteiger partial charge in [-0.25, -0.2) is 0 Å². The number of aromatic hydroxyl groups is 2. The Kier molecular flexibility index (Phi) is 3.94. The van der Waals surface area contributed by atoms with Crippen molar-refractivity contribution >= 4 is 5.69 Å². The van der Waals surface area contributed by atoms with Crippen LogP contribution in [0, 0.1) is 10.1 Å². The number of nitrogens with zero attached hydrogens (tertiary/aromatic N) is 5. The summed E-state index contributed by atoms with van der Waals surface area (Å²) < 4.78 is 38.3. The molecule has 2 heterocycles. The molecule has 3 rings (SSSR count). The molecule has 1 aromatic carbocycles. The normalized spacial score (nSPS) is 11.5. The summed E-state index contributed by atoms with van der Waals surface area (Å²) in [5.74, 6) is -1.65. The van der Waals surface area contributed by atoms with E-state index in [0.717, 1.165) is 35.4 Å². The Morgan fingerprint density at radius 1 is 1.12 bits per heavy atom. The predicted octanol–water partition coefficient (Wildman–Crippen LogP) is 2.67. The maximum atomic E-state index is 12.8. The van der Waals surface area contributed by atoms with Gasteiger partial charge in [0.15, 0.2) is 5.75 Å². The number of phenolic OH excluding ortho intramolecular Hbond substituents is 2. The van der Waals surface area contributed by atoms with Crippen LogP contribution in [0.5, 0.6) is 11.5 Å². The number of pyridine rings is 1. The lowest BCUT2D eigenvalue weighted by atomic mass is 10.1. The number of benzene rings is 1. The average molecular weight is 367 g/mol. The molecule has 0 aliphatic carbocycles. The molecule has 0 bridgehead atoms. The van der Waals surface area contributed by atoms with Gasteiger partial charge in [-0.2, -0.15) is 18.3 Å². The summed E-state index contributed by atoms with van der Waals surface area (Å²) in [6.45, 7) is 0. The van der Waals surface area contributed by atoms with Crippen LogP contribution in [0.4, 0.5) is 18.9 Å². The summed E-state index contributed by atoms with van der Waals surface area (Å²) in [7, 11) is 0. The molecule has 12 heteroatoms. The van der Waals surface area contributed by atoms with Gasteiger partial charge in [-0.05, 0) is 12.1 Å². The Morgan fingerprint density at radius 2 is 1.85 bits per heavy atom. The summed E-state index contributed by atoms with van der Waals surface area (Å²) in [6.07, 6.45) is -1.71. The number of halogens is 3. The van der Waals surface area contributed by atoms with Gasteiger partial charge >= 0.3 is 11.9 Å². The van der Waals surface area contributed by atoms with E-state index < -0.39 is 33.8 Å². The molecule has 0 saturated heterocycles. The van der Waals surface area contributed by atoms with Gasteiger partial charge in [0.1, 0.15) is 11.4 Å². The van der Waals surface area contributed by atoms with E-state index in [1.807, 2.05) is 0 Å². The number of hydrogen-bond donors (Lipinski definition) is 2. The lowest BCUT2D eigenvalue weighted by Gasteiger charge is -2.07. The van der Waals surface area contributed by atoms with E-state index in [-0.39, 0.29) is 16.9 Å². The molecule has 2 N–H and O–H groups in total. The van der Waals surface area contributed by atoms with Crippen molar-refractivity contribution in [3.05, 3.63) is 52.5 Å². The molecule has 0 radical (unpaired) electrons. The van der Waals surface area contributed by atoms with Gasteiger partial charge in [0, 0.05) is 17.8 Å². The fourth-order valence-corrected chi connectivity index (χ4v) is 2.10. The Hall–Kier alpha value is -3.70. The van der Waals surface area contributed by atoms with Crippen molar-refractivity contribution in [3.8, 4) is 28.4 Å².